The van der Waals surface area contributed by atoms with Crippen molar-refractivity contribution in [2.45, 2.75) is 33.4 Å². The number of hydrogen-bond acceptors (Lipinski definition) is 3. The second kappa shape index (κ2) is 11.0. The van der Waals surface area contributed by atoms with Crippen LogP contribution in [0.4, 0.5) is 0 Å². The molecule has 27 heavy (non-hydrogen) atoms. The fourth-order valence-corrected chi connectivity index (χ4v) is 2.83. The van der Waals surface area contributed by atoms with E-state index in [-0.39, 0.29) is 24.0 Å². The van der Waals surface area contributed by atoms with Crippen molar-refractivity contribution in [3.8, 4) is 11.5 Å². The van der Waals surface area contributed by atoms with Gasteiger partial charge in [0.2, 0.25) is 0 Å². The second-order valence-corrected chi connectivity index (χ2v) is 6.37. The number of benzene rings is 2. The summed E-state index contributed by atoms with van der Waals surface area (Å²) in [4.78, 5) is 4.68. The van der Waals surface area contributed by atoms with Crippen molar-refractivity contribution in [2.75, 3.05) is 19.8 Å². The molecule has 2 aromatic carbocycles. The van der Waals surface area contributed by atoms with Crippen LogP contribution in [0.1, 0.15) is 30.0 Å². The van der Waals surface area contributed by atoms with Crippen LogP contribution >= 0.6 is 24.0 Å². The molecule has 0 saturated carbocycles. The normalized spacial score (nSPS) is 13.3. The van der Waals surface area contributed by atoms with Gasteiger partial charge in [0.05, 0.1) is 19.8 Å². The highest BCUT2D eigenvalue weighted by atomic mass is 127. The first kappa shape index (κ1) is 21.3. The van der Waals surface area contributed by atoms with Crippen molar-refractivity contribution in [2.24, 2.45) is 4.99 Å². The molecule has 3 rings (SSSR count). The van der Waals surface area contributed by atoms with Gasteiger partial charge in [0, 0.05) is 19.5 Å². The summed E-state index contributed by atoms with van der Waals surface area (Å²) in [6.45, 7) is 7.72. The van der Waals surface area contributed by atoms with Gasteiger partial charge in [0.1, 0.15) is 0 Å². The van der Waals surface area contributed by atoms with Crippen molar-refractivity contribution in [1.82, 2.24) is 10.6 Å². The Bertz CT molecular complexity index is 765. The molecule has 5 nitrogen and oxygen atoms in total. The molecule has 0 fully saturated rings. The van der Waals surface area contributed by atoms with E-state index in [1.165, 1.54) is 11.1 Å². The maximum atomic E-state index is 5.76. The Morgan fingerprint density at radius 2 is 1.81 bits per heavy atom. The molecule has 0 aliphatic carbocycles. The number of guanidine groups is 1. The molecular weight excluding hydrogens is 453 g/mol. The Morgan fingerprint density at radius 1 is 1.00 bits per heavy atom. The zero-order chi connectivity index (χ0) is 18.2. The highest BCUT2D eigenvalue weighted by Crippen LogP contribution is 2.30. The summed E-state index contributed by atoms with van der Waals surface area (Å²) in [5.74, 6) is 2.45. The molecule has 0 bridgehead atoms. The van der Waals surface area contributed by atoms with Crippen molar-refractivity contribution in [1.29, 1.82) is 0 Å². The predicted octanol–water partition coefficient (Wildman–Crippen LogP) is 4.03. The summed E-state index contributed by atoms with van der Waals surface area (Å²) < 4.78 is 11.4. The quantitative estimate of drug-likeness (QED) is 0.385. The molecule has 0 aromatic heterocycles. The minimum atomic E-state index is 0. The first-order valence-electron chi connectivity index (χ1n) is 9.21. The Labute approximate surface area is 178 Å². The van der Waals surface area contributed by atoms with E-state index in [0.717, 1.165) is 36.0 Å². The van der Waals surface area contributed by atoms with Gasteiger partial charge in [0.15, 0.2) is 17.5 Å². The molecule has 0 saturated heterocycles. The maximum Gasteiger partial charge on any atom is 0.191 e. The number of nitrogens with one attached hydrogen (secondary N) is 2. The van der Waals surface area contributed by atoms with Gasteiger partial charge >= 0.3 is 0 Å². The van der Waals surface area contributed by atoms with Gasteiger partial charge in [-0.1, -0.05) is 35.9 Å². The van der Waals surface area contributed by atoms with Crippen LogP contribution in [0, 0.1) is 6.92 Å². The van der Waals surface area contributed by atoms with Gasteiger partial charge in [0.25, 0.3) is 0 Å². The van der Waals surface area contributed by atoms with E-state index in [9.17, 15) is 0 Å². The van der Waals surface area contributed by atoms with Crippen LogP contribution in [0.25, 0.3) is 0 Å². The lowest BCUT2D eigenvalue weighted by Gasteiger charge is -2.13. The zero-order valence-corrected chi connectivity index (χ0v) is 18.3. The average molecular weight is 481 g/mol. The topological polar surface area (TPSA) is 54.9 Å². The van der Waals surface area contributed by atoms with Crippen molar-refractivity contribution < 1.29 is 9.47 Å². The number of aryl methyl sites for hydroxylation is 1. The third-order valence-corrected chi connectivity index (χ3v) is 4.12. The summed E-state index contributed by atoms with van der Waals surface area (Å²) in [6.07, 6.45) is 0.915. The largest absolute Gasteiger partial charge is 0.490 e. The van der Waals surface area contributed by atoms with Crippen LogP contribution in [0.5, 0.6) is 11.5 Å². The van der Waals surface area contributed by atoms with Gasteiger partial charge < -0.3 is 20.1 Å². The summed E-state index contributed by atoms with van der Waals surface area (Å²) >= 11 is 0. The van der Waals surface area contributed by atoms with Gasteiger partial charge in [-0.25, -0.2) is 4.99 Å². The molecule has 0 amide bonds. The second-order valence-electron chi connectivity index (χ2n) is 6.37. The zero-order valence-electron chi connectivity index (χ0n) is 16.0. The van der Waals surface area contributed by atoms with E-state index in [2.05, 4.69) is 59.8 Å². The average Bonchev–Trinajstić information content (AvgIpc) is 2.89. The van der Waals surface area contributed by atoms with Crippen LogP contribution in [0.3, 0.4) is 0 Å². The monoisotopic (exact) mass is 481 g/mol. The highest BCUT2D eigenvalue weighted by Gasteiger charge is 2.10. The van der Waals surface area contributed by atoms with Gasteiger partial charge in [-0.2, -0.15) is 0 Å². The van der Waals surface area contributed by atoms with E-state index >= 15 is 0 Å². The standard InChI is InChI=1S/C21H27N3O2.HI/c1-3-22-21(23-14-17-7-4-6-16(2)12-17)24-15-18-8-9-19-20(13-18)26-11-5-10-25-19;/h4,6-9,12-13H,3,5,10-11,14-15H2,1-2H3,(H2,22,23,24);1H. The van der Waals surface area contributed by atoms with E-state index in [4.69, 9.17) is 9.47 Å². The van der Waals surface area contributed by atoms with Gasteiger partial charge in [-0.05, 0) is 37.1 Å². The fraction of sp³-hybridized carbons (Fsp3) is 0.381. The van der Waals surface area contributed by atoms with E-state index in [1.54, 1.807) is 0 Å². The molecule has 0 unspecified atom stereocenters. The number of fused-ring (bicyclic) bond motifs is 1. The molecule has 146 valence electrons. The Balaban J connectivity index is 0.00000261. The fourth-order valence-electron chi connectivity index (χ4n) is 2.83. The Kier molecular flexibility index (Phi) is 8.71. The van der Waals surface area contributed by atoms with E-state index in [1.807, 2.05) is 12.1 Å². The summed E-state index contributed by atoms with van der Waals surface area (Å²) in [5, 5.41) is 6.68. The lowest BCUT2D eigenvalue weighted by atomic mass is 10.1. The van der Waals surface area contributed by atoms with Crippen molar-refractivity contribution in [3.63, 3.8) is 0 Å². The van der Waals surface area contributed by atoms with Crippen LogP contribution in [-0.2, 0) is 13.1 Å². The highest BCUT2D eigenvalue weighted by molar-refractivity contribution is 14.0. The molecule has 2 N–H and O–H groups in total. The SMILES string of the molecule is CCNC(=NCc1cccc(C)c1)NCc1ccc2c(c1)OCCCO2.I. The maximum absolute atomic E-state index is 5.76. The van der Waals surface area contributed by atoms with E-state index in [0.29, 0.717) is 26.3 Å². The molecule has 1 aliphatic rings. The molecule has 0 spiro atoms. The minimum absolute atomic E-state index is 0. The smallest absolute Gasteiger partial charge is 0.191 e. The van der Waals surface area contributed by atoms with Crippen molar-refractivity contribution >= 4 is 29.9 Å². The molecule has 0 radical (unpaired) electrons. The minimum Gasteiger partial charge on any atom is -0.490 e. The first-order valence-corrected chi connectivity index (χ1v) is 9.21. The summed E-state index contributed by atoms with van der Waals surface area (Å²) in [7, 11) is 0. The molecule has 2 aromatic rings. The summed E-state index contributed by atoms with van der Waals surface area (Å²) in [6, 6.07) is 14.5. The van der Waals surface area contributed by atoms with Crippen molar-refractivity contribution in [3.05, 3.63) is 59.2 Å². The van der Waals surface area contributed by atoms with Crippen LogP contribution in [0.15, 0.2) is 47.5 Å². The summed E-state index contributed by atoms with van der Waals surface area (Å²) in [5.41, 5.74) is 3.59. The third-order valence-electron chi connectivity index (χ3n) is 4.12. The number of rotatable bonds is 5. The van der Waals surface area contributed by atoms with Crippen LogP contribution in [-0.4, -0.2) is 25.7 Å². The lowest BCUT2D eigenvalue weighted by molar-refractivity contribution is 0.297. The predicted molar refractivity (Wildman–Crippen MR) is 120 cm³/mol. The molecule has 0 atom stereocenters. The first-order chi connectivity index (χ1) is 12.7. The van der Waals surface area contributed by atoms with E-state index < -0.39 is 0 Å². The molecule has 1 heterocycles. The number of halogens is 1. The number of ether oxygens (including phenoxy) is 2. The van der Waals surface area contributed by atoms with Gasteiger partial charge in [-0.15, -0.1) is 24.0 Å². The number of hydrogen-bond donors (Lipinski definition) is 2. The molecule has 1 aliphatic heterocycles. The van der Waals surface area contributed by atoms with Crippen LogP contribution in [0.2, 0.25) is 0 Å². The van der Waals surface area contributed by atoms with Crippen LogP contribution < -0.4 is 20.1 Å². The Hall–Kier alpha value is -1.96. The number of aliphatic imine (C=N–C) groups is 1. The number of nitrogens with zero attached hydrogens (tertiary/aromatic N) is 1. The molecular formula is C21H28IN3O2. The lowest BCUT2D eigenvalue weighted by Crippen LogP contribution is -2.36. The Morgan fingerprint density at radius 3 is 2.59 bits per heavy atom. The van der Waals surface area contributed by atoms with Gasteiger partial charge in [-0.3, -0.25) is 0 Å². The third kappa shape index (κ3) is 6.61. The molecule has 6 heteroatoms.